The largest absolute Gasteiger partial charge is 0.261 e. The van der Waals surface area contributed by atoms with Gasteiger partial charge in [0.15, 0.2) is 11.6 Å². The Labute approximate surface area is 162 Å². The quantitative estimate of drug-likeness (QED) is 0.449. The molecule has 0 aliphatic rings. The van der Waals surface area contributed by atoms with E-state index in [4.69, 9.17) is 23.2 Å². The highest BCUT2D eigenvalue weighted by Gasteiger charge is 2.10. The van der Waals surface area contributed by atoms with Gasteiger partial charge in [0.2, 0.25) is 0 Å². The third kappa shape index (κ3) is 4.03. The molecule has 2 aromatic carbocycles. The van der Waals surface area contributed by atoms with Gasteiger partial charge in [0.1, 0.15) is 0 Å². The van der Waals surface area contributed by atoms with Crippen molar-refractivity contribution in [1.82, 2.24) is 9.97 Å². The van der Waals surface area contributed by atoms with Crippen LogP contribution in [0.4, 0.5) is 5.82 Å². The molecular formula is C20H18Cl2N4. The van der Waals surface area contributed by atoms with Crippen molar-refractivity contribution >= 4 is 34.7 Å². The van der Waals surface area contributed by atoms with Crippen LogP contribution in [0.3, 0.4) is 0 Å². The first-order valence-corrected chi connectivity index (χ1v) is 8.87. The van der Waals surface area contributed by atoms with Gasteiger partial charge in [-0.1, -0.05) is 59.6 Å². The van der Waals surface area contributed by atoms with Crippen molar-refractivity contribution in [2.24, 2.45) is 5.10 Å². The van der Waals surface area contributed by atoms with Gasteiger partial charge in [0.25, 0.3) is 0 Å². The number of rotatable bonds is 4. The molecule has 6 heteroatoms. The van der Waals surface area contributed by atoms with Crippen molar-refractivity contribution in [3.05, 3.63) is 75.4 Å². The Morgan fingerprint density at radius 3 is 2.38 bits per heavy atom. The molecule has 0 atom stereocenters. The lowest BCUT2D eigenvalue weighted by atomic mass is 10.1. The number of halogens is 2. The van der Waals surface area contributed by atoms with Gasteiger partial charge in [-0.15, -0.1) is 0 Å². The Kier molecular flexibility index (Phi) is 5.55. The molecule has 1 aromatic heterocycles. The van der Waals surface area contributed by atoms with Crippen LogP contribution >= 0.6 is 23.2 Å². The van der Waals surface area contributed by atoms with E-state index in [0.29, 0.717) is 21.7 Å². The van der Waals surface area contributed by atoms with Gasteiger partial charge >= 0.3 is 0 Å². The summed E-state index contributed by atoms with van der Waals surface area (Å²) in [6, 6.07) is 15.3. The van der Waals surface area contributed by atoms with E-state index in [1.807, 2.05) is 57.2 Å². The van der Waals surface area contributed by atoms with Gasteiger partial charge in [0.05, 0.1) is 15.8 Å². The van der Waals surface area contributed by atoms with E-state index in [1.54, 1.807) is 12.1 Å². The van der Waals surface area contributed by atoms with E-state index in [2.05, 4.69) is 20.5 Å². The van der Waals surface area contributed by atoms with Crippen LogP contribution in [0.5, 0.6) is 0 Å². The topological polar surface area (TPSA) is 50.2 Å². The maximum atomic E-state index is 6.08. The molecule has 0 unspecified atom stereocenters. The number of hydrogen-bond acceptors (Lipinski definition) is 4. The van der Waals surface area contributed by atoms with Crippen molar-refractivity contribution in [1.29, 1.82) is 0 Å². The molecule has 3 aromatic rings. The molecule has 0 bridgehead atoms. The standard InChI is InChI=1S/C20H18Cl2N4/c1-12-13(2)23-20(15-7-5-4-6-8-15)24-19(12)26-25-14(3)16-9-10-17(21)18(22)11-16/h4-11H,1-3H3,(H,23,24,26)/b25-14-. The number of nitrogens with zero attached hydrogens (tertiary/aromatic N) is 3. The first-order valence-electron chi connectivity index (χ1n) is 8.12. The molecular weight excluding hydrogens is 367 g/mol. The maximum Gasteiger partial charge on any atom is 0.161 e. The van der Waals surface area contributed by atoms with Crippen molar-refractivity contribution in [2.45, 2.75) is 20.8 Å². The Balaban J connectivity index is 1.91. The van der Waals surface area contributed by atoms with Gasteiger partial charge in [-0.05, 0) is 38.5 Å². The molecule has 1 N–H and O–H groups in total. The second-order valence-corrected chi connectivity index (χ2v) is 6.72. The molecule has 4 nitrogen and oxygen atoms in total. The van der Waals surface area contributed by atoms with Crippen LogP contribution in [-0.4, -0.2) is 15.7 Å². The van der Waals surface area contributed by atoms with Gasteiger partial charge < -0.3 is 0 Å². The highest BCUT2D eigenvalue weighted by Crippen LogP contribution is 2.24. The number of hydrazone groups is 1. The SMILES string of the molecule is C/C(=N/Nc1nc(-c2ccccc2)nc(C)c1C)c1ccc(Cl)c(Cl)c1. The molecule has 0 saturated carbocycles. The van der Waals surface area contributed by atoms with E-state index in [9.17, 15) is 0 Å². The van der Waals surface area contributed by atoms with E-state index in [0.717, 1.165) is 28.1 Å². The van der Waals surface area contributed by atoms with Crippen LogP contribution < -0.4 is 5.43 Å². The second kappa shape index (κ2) is 7.85. The summed E-state index contributed by atoms with van der Waals surface area (Å²) in [5.74, 6) is 1.34. The van der Waals surface area contributed by atoms with Crippen LogP contribution in [0.15, 0.2) is 53.6 Å². The summed E-state index contributed by atoms with van der Waals surface area (Å²) < 4.78 is 0. The van der Waals surface area contributed by atoms with Crippen LogP contribution in [0.1, 0.15) is 23.7 Å². The number of anilines is 1. The van der Waals surface area contributed by atoms with Crippen LogP contribution in [-0.2, 0) is 0 Å². The summed E-state index contributed by atoms with van der Waals surface area (Å²) in [7, 11) is 0. The van der Waals surface area contributed by atoms with Gasteiger partial charge in [-0.2, -0.15) is 5.10 Å². The molecule has 3 rings (SSSR count). The molecule has 0 amide bonds. The minimum absolute atomic E-state index is 0.499. The summed E-state index contributed by atoms with van der Waals surface area (Å²) in [5.41, 5.74) is 7.55. The Morgan fingerprint density at radius 1 is 0.962 bits per heavy atom. The fourth-order valence-electron chi connectivity index (χ4n) is 2.38. The predicted molar refractivity (Wildman–Crippen MR) is 109 cm³/mol. The third-order valence-electron chi connectivity index (χ3n) is 4.09. The molecule has 0 saturated heterocycles. The average molecular weight is 385 g/mol. The predicted octanol–water partition coefficient (Wildman–Crippen LogP) is 5.90. The lowest BCUT2D eigenvalue weighted by Crippen LogP contribution is -2.05. The molecule has 132 valence electrons. The van der Waals surface area contributed by atoms with Crippen molar-refractivity contribution in [3.8, 4) is 11.4 Å². The normalized spacial score (nSPS) is 11.5. The zero-order chi connectivity index (χ0) is 18.7. The second-order valence-electron chi connectivity index (χ2n) is 5.91. The Morgan fingerprint density at radius 2 is 1.69 bits per heavy atom. The zero-order valence-electron chi connectivity index (χ0n) is 14.7. The van der Waals surface area contributed by atoms with Crippen LogP contribution in [0.2, 0.25) is 10.0 Å². The first kappa shape index (κ1) is 18.4. The summed E-state index contributed by atoms with van der Waals surface area (Å²) in [6.07, 6.45) is 0. The molecule has 0 radical (unpaired) electrons. The van der Waals surface area contributed by atoms with E-state index >= 15 is 0 Å². The van der Waals surface area contributed by atoms with Gasteiger partial charge in [0, 0.05) is 16.8 Å². The number of aromatic nitrogens is 2. The fraction of sp³-hybridized carbons (Fsp3) is 0.150. The summed E-state index contributed by atoms with van der Waals surface area (Å²) in [5, 5.41) is 5.47. The molecule has 0 spiro atoms. The Hall–Kier alpha value is -2.43. The molecule has 0 aliphatic carbocycles. The highest BCUT2D eigenvalue weighted by atomic mass is 35.5. The highest BCUT2D eigenvalue weighted by molar-refractivity contribution is 6.42. The summed E-state index contributed by atoms with van der Waals surface area (Å²) >= 11 is 12.0. The Bertz CT molecular complexity index is 969. The monoisotopic (exact) mass is 384 g/mol. The summed E-state index contributed by atoms with van der Waals surface area (Å²) in [6.45, 7) is 5.83. The first-order chi connectivity index (χ1) is 12.5. The van der Waals surface area contributed by atoms with Crippen LogP contribution in [0, 0.1) is 13.8 Å². The van der Waals surface area contributed by atoms with Gasteiger partial charge in [-0.25, -0.2) is 9.97 Å². The smallest absolute Gasteiger partial charge is 0.161 e. The third-order valence-corrected chi connectivity index (χ3v) is 4.83. The number of hydrogen-bond donors (Lipinski definition) is 1. The van der Waals surface area contributed by atoms with Crippen molar-refractivity contribution in [3.63, 3.8) is 0 Å². The molecule has 1 heterocycles. The number of nitrogens with one attached hydrogen (secondary N) is 1. The van der Waals surface area contributed by atoms with Gasteiger partial charge in [-0.3, -0.25) is 5.43 Å². The molecule has 26 heavy (non-hydrogen) atoms. The lowest BCUT2D eigenvalue weighted by Gasteiger charge is -2.11. The fourth-order valence-corrected chi connectivity index (χ4v) is 2.67. The van der Waals surface area contributed by atoms with Crippen molar-refractivity contribution < 1.29 is 0 Å². The number of benzene rings is 2. The maximum absolute atomic E-state index is 6.08. The van der Waals surface area contributed by atoms with E-state index < -0.39 is 0 Å². The minimum atomic E-state index is 0.499. The van der Waals surface area contributed by atoms with E-state index in [1.165, 1.54) is 0 Å². The van der Waals surface area contributed by atoms with E-state index in [-0.39, 0.29) is 0 Å². The number of aryl methyl sites for hydroxylation is 1. The summed E-state index contributed by atoms with van der Waals surface area (Å²) in [4.78, 5) is 9.20. The molecule has 0 fully saturated rings. The minimum Gasteiger partial charge on any atom is -0.261 e. The van der Waals surface area contributed by atoms with Crippen LogP contribution in [0.25, 0.3) is 11.4 Å². The average Bonchev–Trinajstić information content (AvgIpc) is 2.65. The lowest BCUT2D eigenvalue weighted by molar-refractivity contribution is 1.06. The zero-order valence-corrected chi connectivity index (χ0v) is 16.2. The molecule has 0 aliphatic heterocycles. The van der Waals surface area contributed by atoms with Crippen molar-refractivity contribution in [2.75, 3.05) is 5.43 Å².